The summed E-state index contributed by atoms with van der Waals surface area (Å²) in [6.07, 6.45) is 0.750. The van der Waals surface area contributed by atoms with Crippen LogP contribution in [0.1, 0.15) is 37.8 Å². The third-order valence-electron chi connectivity index (χ3n) is 7.25. The van der Waals surface area contributed by atoms with Crippen molar-refractivity contribution in [2.24, 2.45) is 11.1 Å². The second-order valence-corrected chi connectivity index (χ2v) is 10.6. The first kappa shape index (κ1) is 23.8. The first-order valence-electron chi connectivity index (χ1n) is 11.8. The number of nitriles is 1. The molecular weight excluding hydrogens is 457 g/mol. The number of anilines is 1. The molecule has 0 saturated carbocycles. The molecule has 1 aliphatic carbocycles. The van der Waals surface area contributed by atoms with E-state index in [0.717, 1.165) is 0 Å². The predicted molar refractivity (Wildman–Crippen MR) is 133 cm³/mol. The summed E-state index contributed by atoms with van der Waals surface area (Å²) in [6.45, 7) is 4.11. The summed E-state index contributed by atoms with van der Waals surface area (Å²) in [7, 11) is 3.58. The number of halogens is 1. The highest BCUT2D eigenvalue weighted by Crippen LogP contribution is 2.58. The summed E-state index contributed by atoms with van der Waals surface area (Å²) in [6, 6.07) is 15.4. The highest BCUT2D eigenvalue weighted by atomic mass is 19.1. The molecule has 1 atom stereocenters. The fourth-order valence-electron chi connectivity index (χ4n) is 5.97. The van der Waals surface area contributed by atoms with Crippen LogP contribution in [-0.2, 0) is 21.5 Å². The highest BCUT2D eigenvalue weighted by Gasteiger charge is 2.63. The summed E-state index contributed by atoms with van der Waals surface area (Å²) in [5.74, 6) is -0.879. The Morgan fingerprint density at radius 2 is 1.83 bits per heavy atom. The average Bonchev–Trinajstić information content (AvgIpc) is 3.02. The van der Waals surface area contributed by atoms with E-state index in [4.69, 9.17) is 5.73 Å². The molecule has 2 aliphatic heterocycles. The maximum absolute atomic E-state index is 14.6. The van der Waals surface area contributed by atoms with Gasteiger partial charge in [0.1, 0.15) is 23.1 Å². The van der Waals surface area contributed by atoms with Crippen LogP contribution < -0.4 is 10.6 Å². The number of nitrogens with zero attached hydrogens (tertiary/aromatic N) is 4. The van der Waals surface area contributed by atoms with E-state index in [2.05, 4.69) is 6.07 Å². The van der Waals surface area contributed by atoms with Crippen LogP contribution in [0, 0.1) is 22.6 Å². The van der Waals surface area contributed by atoms with Gasteiger partial charge in [0.25, 0.3) is 0 Å². The number of ketones is 1. The van der Waals surface area contributed by atoms with Gasteiger partial charge in [-0.15, -0.1) is 0 Å². The fourth-order valence-corrected chi connectivity index (χ4v) is 5.97. The summed E-state index contributed by atoms with van der Waals surface area (Å²) in [4.78, 5) is 30.0. The number of hydrazine groups is 1. The van der Waals surface area contributed by atoms with Gasteiger partial charge in [0, 0.05) is 43.0 Å². The number of allylic oxidation sites excluding steroid dienone is 1. The van der Waals surface area contributed by atoms with Crippen molar-refractivity contribution in [3.63, 3.8) is 0 Å². The molecule has 0 bridgehead atoms. The van der Waals surface area contributed by atoms with Crippen molar-refractivity contribution in [1.82, 2.24) is 10.0 Å². The zero-order valence-corrected chi connectivity index (χ0v) is 20.8. The van der Waals surface area contributed by atoms with E-state index in [-0.39, 0.29) is 35.6 Å². The van der Waals surface area contributed by atoms with Crippen LogP contribution in [0.15, 0.2) is 71.2 Å². The second-order valence-electron chi connectivity index (χ2n) is 10.6. The molecule has 0 fully saturated rings. The third-order valence-corrected chi connectivity index (χ3v) is 7.25. The minimum absolute atomic E-state index is 0.0298. The Hall–Kier alpha value is -3.96. The Morgan fingerprint density at radius 1 is 1.11 bits per heavy atom. The van der Waals surface area contributed by atoms with Crippen molar-refractivity contribution in [3.05, 3.63) is 88.1 Å². The highest BCUT2D eigenvalue weighted by molar-refractivity contribution is 6.20. The molecular formula is C28H28FN5O2. The van der Waals surface area contributed by atoms with Crippen LogP contribution in [-0.4, -0.2) is 35.8 Å². The smallest absolute Gasteiger partial charge is 0.248 e. The van der Waals surface area contributed by atoms with E-state index in [1.165, 1.54) is 17.0 Å². The molecule has 0 radical (unpaired) electrons. The van der Waals surface area contributed by atoms with Crippen LogP contribution in [0.5, 0.6) is 0 Å². The quantitative estimate of drug-likeness (QED) is 0.712. The standard InChI is InChI=1S/C28H28FN5O2/c1-27(2)13-22-24(23(35)14-27)28(20(15-30)25(31)34(22)32(3)4)19-10-5-6-11-21(19)33(26(28)36)16-17-8-7-9-18(29)12-17/h5-12H,13-14,16,31H2,1-4H3. The maximum Gasteiger partial charge on any atom is 0.248 e. The van der Waals surface area contributed by atoms with E-state index in [9.17, 15) is 19.2 Å². The molecule has 2 heterocycles. The van der Waals surface area contributed by atoms with Crippen molar-refractivity contribution < 1.29 is 14.0 Å². The number of fused-ring (bicyclic) bond motifs is 3. The van der Waals surface area contributed by atoms with E-state index < -0.39 is 17.1 Å². The largest absolute Gasteiger partial charge is 0.383 e. The third kappa shape index (κ3) is 3.20. The monoisotopic (exact) mass is 485 g/mol. The number of rotatable bonds is 3. The van der Waals surface area contributed by atoms with Crippen molar-refractivity contribution in [2.75, 3.05) is 19.0 Å². The predicted octanol–water partition coefficient (Wildman–Crippen LogP) is 3.74. The Bertz CT molecular complexity index is 1420. The summed E-state index contributed by atoms with van der Waals surface area (Å²) < 4.78 is 14.0. The second kappa shape index (κ2) is 8.04. The zero-order valence-electron chi connectivity index (χ0n) is 20.8. The Balaban J connectivity index is 1.82. The van der Waals surface area contributed by atoms with Gasteiger partial charge in [-0.05, 0) is 35.6 Å². The number of Topliss-reactive ketones (excluding diaryl/α,β-unsaturated/α-hetero) is 1. The molecule has 2 N–H and O–H groups in total. The van der Waals surface area contributed by atoms with Gasteiger partial charge < -0.3 is 10.6 Å². The van der Waals surface area contributed by atoms with Crippen LogP contribution in [0.25, 0.3) is 0 Å². The normalized spacial score (nSPS) is 22.9. The number of benzene rings is 2. The van der Waals surface area contributed by atoms with Gasteiger partial charge in [-0.25, -0.2) is 9.40 Å². The number of amides is 1. The van der Waals surface area contributed by atoms with Crippen LogP contribution >= 0.6 is 0 Å². The zero-order chi connectivity index (χ0) is 26.0. The minimum atomic E-state index is -1.65. The number of nitrogens with two attached hydrogens (primary N) is 1. The lowest BCUT2D eigenvalue weighted by molar-refractivity contribution is -0.126. The van der Waals surface area contributed by atoms with Crippen molar-refractivity contribution in [2.45, 2.75) is 38.6 Å². The average molecular weight is 486 g/mol. The summed E-state index contributed by atoms with van der Waals surface area (Å²) in [5.41, 5.74) is 7.33. The Morgan fingerprint density at radius 3 is 2.50 bits per heavy atom. The molecule has 184 valence electrons. The van der Waals surface area contributed by atoms with E-state index in [1.54, 1.807) is 60.5 Å². The van der Waals surface area contributed by atoms with Crippen LogP contribution in [0.2, 0.25) is 0 Å². The molecule has 3 aliphatic rings. The minimum Gasteiger partial charge on any atom is -0.383 e. The number of para-hydroxylation sites is 1. The van der Waals surface area contributed by atoms with Crippen LogP contribution in [0.4, 0.5) is 10.1 Å². The first-order chi connectivity index (χ1) is 17.0. The van der Waals surface area contributed by atoms with Gasteiger partial charge in [0.05, 0.1) is 12.1 Å². The van der Waals surface area contributed by atoms with Gasteiger partial charge >= 0.3 is 0 Å². The lowest BCUT2D eigenvalue weighted by atomic mass is 9.61. The molecule has 0 aromatic heterocycles. The molecule has 2 aromatic carbocycles. The van der Waals surface area contributed by atoms with Gasteiger partial charge in [-0.1, -0.05) is 44.2 Å². The van der Waals surface area contributed by atoms with Crippen molar-refractivity contribution in [1.29, 1.82) is 5.26 Å². The SMILES string of the molecule is CN(C)N1C(N)=C(C#N)C2(C(=O)N(Cc3cccc(F)c3)c3ccccc32)C2=C1CC(C)(C)CC2=O. The number of hydrogen-bond acceptors (Lipinski definition) is 6. The Labute approximate surface area is 209 Å². The molecule has 0 saturated heterocycles. The lowest BCUT2D eigenvalue weighted by Gasteiger charge is -2.48. The van der Waals surface area contributed by atoms with Gasteiger partial charge in [-0.2, -0.15) is 5.26 Å². The van der Waals surface area contributed by atoms with Crippen molar-refractivity contribution >= 4 is 17.4 Å². The fraction of sp³-hybridized carbons (Fsp3) is 0.321. The number of carbonyl (C=O) groups is 2. The molecule has 1 amide bonds. The maximum atomic E-state index is 14.6. The van der Waals surface area contributed by atoms with Crippen LogP contribution in [0.3, 0.4) is 0 Å². The van der Waals surface area contributed by atoms with Crippen molar-refractivity contribution in [3.8, 4) is 6.07 Å². The Kier molecular flexibility index (Phi) is 5.31. The van der Waals surface area contributed by atoms with E-state index in [0.29, 0.717) is 34.5 Å². The summed E-state index contributed by atoms with van der Waals surface area (Å²) >= 11 is 0. The molecule has 2 aromatic rings. The lowest BCUT2D eigenvalue weighted by Crippen LogP contribution is -2.55. The van der Waals surface area contributed by atoms with E-state index >= 15 is 0 Å². The molecule has 7 nitrogen and oxygen atoms in total. The van der Waals surface area contributed by atoms with Gasteiger partial charge in [0.15, 0.2) is 5.78 Å². The molecule has 5 rings (SSSR count). The first-order valence-corrected chi connectivity index (χ1v) is 11.8. The topological polar surface area (TPSA) is 93.7 Å². The summed E-state index contributed by atoms with van der Waals surface area (Å²) in [5, 5.41) is 13.9. The number of hydrogen-bond donors (Lipinski definition) is 1. The molecule has 1 unspecified atom stereocenters. The van der Waals surface area contributed by atoms with Gasteiger partial charge in [-0.3, -0.25) is 14.6 Å². The molecule has 1 spiro atoms. The molecule has 8 heteroatoms. The van der Waals surface area contributed by atoms with Gasteiger partial charge in [0.2, 0.25) is 5.91 Å². The molecule has 36 heavy (non-hydrogen) atoms. The number of carbonyl (C=O) groups excluding carboxylic acids is 2. The van der Waals surface area contributed by atoms with E-state index in [1.807, 2.05) is 13.8 Å².